The van der Waals surface area contributed by atoms with E-state index in [4.69, 9.17) is 9.47 Å². The van der Waals surface area contributed by atoms with Gasteiger partial charge in [-0.15, -0.1) is 0 Å². The molecule has 0 atom stereocenters. The molecule has 1 aromatic carbocycles. The Balaban J connectivity index is -0.000000853. The Morgan fingerprint density at radius 3 is 2.16 bits per heavy atom. The van der Waals surface area contributed by atoms with Crippen molar-refractivity contribution in [2.24, 2.45) is 0 Å². The van der Waals surface area contributed by atoms with E-state index in [1.165, 1.54) is 5.56 Å². The molecule has 0 bridgehead atoms. The van der Waals surface area contributed by atoms with E-state index in [1.807, 2.05) is 16.4 Å². The maximum absolute atomic E-state index is 5.09. The van der Waals surface area contributed by atoms with E-state index in [0.717, 1.165) is 25.3 Å². The summed E-state index contributed by atoms with van der Waals surface area (Å²) in [6.45, 7) is 2.16. The number of thiol groups is 1. The quantitative estimate of drug-likeness (QED) is 0.783. The van der Waals surface area contributed by atoms with Gasteiger partial charge < -0.3 is 13.8 Å². The predicted molar refractivity (Wildman–Crippen MR) is 77.7 cm³/mol. The Hall–Kier alpha value is -0.920. The van der Waals surface area contributed by atoms with Gasteiger partial charge in [0.05, 0.1) is 25.4 Å². The summed E-state index contributed by atoms with van der Waals surface area (Å²) in [7, 11) is 3.41. The second kappa shape index (κ2) is 13.5. The van der Waals surface area contributed by atoms with E-state index in [-0.39, 0.29) is 14.1 Å². The van der Waals surface area contributed by atoms with Crippen molar-refractivity contribution in [3.8, 4) is 0 Å². The average molecular weight is 301 g/mol. The zero-order valence-corrected chi connectivity index (χ0v) is 12.0. The Kier molecular flexibility index (Phi) is 16.5. The number of benzene rings is 1. The molecule has 0 aromatic heterocycles. The van der Waals surface area contributed by atoms with Gasteiger partial charge >= 0.3 is 0 Å². The van der Waals surface area contributed by atoms with Crippen LogP contribution in [0.1, 0.15) is 5.56 Å². The summed E-state index contributed by atoms with van der Waals surface area (Å²) in [4.78, 5) is 0. The third-order valence-corrected chi connectivity index (χ3v) is 2.77. The fourth-order valence-electron chi connectivity index (χ4n) is 1.48. The molecule has 0 N–H and O–H groups in total. The number of hydrogen-bond donors (Lipinski definition) is 1. The minimum Gasteiger partial charge on any atom is -0.384 e. The summed E-state index contributed by atoms with van der Waals surface area (Å²) in [5, 5.41) is 0. The van der Waals surface area contributed by atoms with E-state index in [0.29, 0.717) is 6.61 Å². The monoisotopic (exact) mass is 301 g/mol. The molecule has 0 aliphatic rings. The number of ether oxygens (including phenoxy) is 2. The first-order chi connectivity index (χ1) is 7.79. The molecule has 0 unspecified atom stereocenters. The first-order valence-corrected chi connectivity index (χ1v) is 5.71. The van der Waals surface area contributed by atoms with Crippen molar-refractivity contribution in [3.05, 3.63) is 29.8 Å². The van der Waals surface area contributed by atoms with E-state index in [2.05, 4.69) is 24.9 Å². The highest BCUT2D eigenvalue weighted by atomic mass is 32.1. The maximum Gasteiger partial charge on any atom is 0.0648 e. The van der Waals surface area contributed by atoms with Gasteiger partial charge in [0.2, 0.25) is 0 Å². The molecule has 0 amide bonds. The number of hydrogen-bond acceptors (Lipinski definition) is 4. The van der Waals surface area contributed by atoms with Crippen molar-refractivity contribution in [2.45, 2.75) is 6.42 Å². The number of rotatable bonds is 7. The van der Waals surface area contributed by atoms with Crippen molar-refractivity contribution in [2.75, 3.05) is 38.3 Å². The molecule has 19 heavy (non-hydrogen) atoms. The lowest BCUT2D eigenvalue weighted by Gasteiger charge is -2.20. The SMILES string of the molecule is COCCc1ccccc1N(S)CCOC.F.F.F. The molecule has 0 aliphatic heterocycles. The maximum atomic E-state index is 5.09. The number of halogens is 3. The van der Waals surface area contributed by atoms with Crippen LogP contribution in [0.15, 0.2) is 24.3 Å². The van der Waals surface area contributed by atoms with Crippen molar-refractivity contribution >= 4 is 18.5 Å². The number of nitrogens with zero attached hydrogens (tertiary/aromatic N) is 1. The lowest BCUT2D eigenvalue weighted by molar-refractivity contribution is 0.202. The van der Waals surface area contributed by atoms with Crippen LogP contribution in [-0.2, 0) is 15.9 Å². The molecule has 0 spiro atoms. The van der Waals surface area contributed by atoms with Gasteiger partial charge in [0, 0.05) is 14.2 Å². The smallest absolute Gasteiger partial charge is 0.0648 e. The first kappa shape index (κ1) is 23.2. The molecule has 1 rings (SSSR count). The zero-order chi connectivity index (χ0) is 11.8. The fraction of sp³-hybridized carbons (Fsp3) is 0.500. The summed E-state index contributed by atoms with van der Waals surface area (Å²) < 4.78 is 12.0. The number of anilines is 1. The molecule has 7 heteroatoms. The first-order valence-electron chi connectivity index (χ1n) is 5.31. The highest BCUT2D eigenvalue weighted by Crippen LogP contribution is 2.22. The van der Waals surface area contributed by atoms with E-state index >= 15 is 0 Å². The second-order valence-electron chi connectivity index (χ2n) is 3.49. The molecule has 3 nitrogen and oxygen atoms in total. The summed E-state index contributed by atoms with van der Waals surface area (Å²) in [5.74, 6) is 0. The molecule has 0 saturated heterocycles. The predicted octanol–water partition coefficient (Wildman–Crippen LogP) is 2.63. The molecule has 0 aliphatic carbocycles. The van der Waals surface area contributed by atoms with Crippen LogP contribution in [-0.4, -0.2) is 34.0 Å². The highest BCUT2D eigenvalue weighted by molar-refractivity contribution is 7.81. The number of methoxy groups -OCH3 is 2. The van der Waals surface area contributed by atoms with Gasteiger partial charge in [-0.3, -0.25) is 14.1 Å². The standard InChI is InChI=1S/C12H19NO2S.3FH/c1-14-9-7-11-5-3-4-6-12(11)13(16)8-10-15-2;;;/h3-6,16H,7-10H2,1-2H3;3*1H. The van der Waals surface area contributed by atoms with Gasteiger partial charge in [0.15, 0.2) is 0 Å². The van der Waals surface area contributed by atoms with E-state index < -0.39 is 0 Å². The normalized spacial score (nSPS) is 8.79. The Labute approximate surface area is 117 Å². The molecule has 0 fully saturated rings. The van der Waals surface area contributed by atoms with Crippen LogP contribution < -0.4 is 4.31 Å². The van der Waals surface area contributed by atoms with Crippen LogP contribution in [0.25, 0.3) is 0 Å². The lowest BCUT2D eigenvalue weighted by atomic mass is 10.1. The second-order valence-corrected chi connectivity index (χ2v) is 3.97. The molecule has 0 saturated carbocycles. The van der Waals surface area contributed by atoms with Crippen molar-refractivity contribution < 1.29 is 23.6 Å². The van der Waals surface area contributed by atoms with Gasteiger partial charge in [0.1, 0.15) is 0 Å². The van der Waals surface area contributed by atoms with Crippen molar-refractivity contribution in [1.29, 1.82) is 0 Å². The molecule has 1 aromatic rings. The Morgan fingerprint density at radius 2 is 1.58 bits per heavy atom. The summed E-state index contributed by atoms with van der Waals surface area (Å²) in [6.07, 6.45) is 0.900. The van der Waals surface area contributed by atoms with E-state index in [1.54, 1.807) is 14.2 Å². The van der Waals surface area contributed by atoms with Gasteiger partial charge in [-0.1, -0.05) is 31.0 Å². The largest absolute Gasteiger partial charge is 0.384 e. The Morgan fingerprint density at radius 1 is 1.00 bits per heavy atom. The van der Waals surface area contributed by atoms with Crippen molar-refractivity contribution in [3.63, 3.8) is 0 Å². The van der Waals surface area contributed by atoms with Crippen LogP contribution in [0.4, 0.5) is 19.8 Å². The van der Waals surface area contributed by atoms with E-state index in [9.17, 15) is 0 Å². The third-order valence-electron chi connectivity index (χ3n) is 2.35. The zero-order valence-electron chi connectivity index (χ0n) is 11.1. The van der Waals surface area contributed by atoms with Crippen LogP contribution in [0.5, 0.6) is 0 Å². The molecular formula is C12H22F3NO2S. The minimum absolute atomic E-state index is 0. The lowest BCUT2D eigenvalue weighted by Crippen LogP contribution is -2.18. The highest BCUT2D eigenvalue weighted by Gasteiger charge is 2.06. The molecule has 0 heterocycles. The topological polar surface area (TPSA) is 21.7 Å². The van der Waals surface area contributed by atoms with Crippen LogP contribution in [0.2, 0.25) is 0 Å². The Bertz CT molecular complexity index is 319. The van der Waals surface area contributed by atoms with Crippen LogP contribution in [0.3, 0.4) is 0 Å². The minimum atomic E-state index is 0. The van der Waals surface area contributed by atoms with Gasteiger partial charge in [-0.05, 0) is 18.1 Å². The number of para-hydroxylation sites is 1. The molecule has 114 valence electrons. The van der Waals surface area contributed by atoms with Gasteiger partial charge in [-0.2, -0.15) is 0 Å². The fourth-order valence-corrected chi connectivity index (χ4v) is 1.76. The average Bonchev–Trinajstić information content (AvgIpc) is 2.33. The van der Waals surface area contributed by atoms with Gasteiger partial charge in [0.25, 0.3) is 0 Å². The van der Waals surface area contributed by atoms with Crippen molar-refractivity contribution in [1.82, 2.24) is 0 Å². The third kappa shape index (κ3) is 7.97. The summed E-state index contributed by atoms with van der Waals surface area (Å²) in [5.41, 5.74) is 2.37. The summed E-state index contributed by atoms with van der Waals surface area (Å²) >= 11 is 4.46. The van der Waals surface area contributed by atoms with Gasteiger partial charge in [-0.25, -0.2) is 0 Å². The van der Waals surface area contributed by atoms with Crippen LogP contribution in [0, 0.1) is 0 Å². The molecule has 0 radical (unpaired) electrons. The van der Waals surface area contributed by atoms with Crippen LogP contribution >= 0.6 is 12.8 Å². The summed E-state index contributed by atoms with van der Waals surface area (Å²) in [6, 6.07) is 8.21. The molecular weight excluding hydrogens is 279 g/mol.